The Hall–Kier alpha value is -1.93. The average Bonchev–Trinajstić information content (AvgIpc) is 3.03. The maximum absolute atomic E-state index is 12.5. The second-order valence-electron chi connectivity index (χ2n) is 5.31. The summed E-state index contributed by atoms with van der Waals surface area (Å²) < 4.78 is 40.0. The fraction of sp³-hybridized carbons (Fsp3) is 0.467. The summed E-state index contributed by atoms with van der Waals surface area (Å²) in [6, 6.07) is 4.45. The van der Waals surface area contributed by atoms with Crippen LogP contribution in [0.3, 0.4) is 0 Å². The zero-order valence-corrected chi connectivity index (χ0v) is 13.4. The van der Waals surface area contributed by atoms with Crippen molar-refractivity contribution in [2.45, 2.75) is 31.9 Å². The van der Waals surface area contributed by atoms with Crippen LogP contribution < -0.4 is 10.1 Å². The lowest BCUT2D eigenvalue weighted by Gasteiger charge is -2.17. The molecule has 24 heavy (non-hydrogen) atoms. The molecular formula is C15H16ClF2N3O3. The first kappa shape index (κ1) is 16.9. The number of hydrogen-bond acceptors (Lipinski definition) is 6. The summed E-state index contributed by atoms with van der Waals surface area (Å²) in [5, 5.41) is 7.17. The van der Waals surface area contributed by atoms with Crippen molar-refractivity contribution in [1.29, 1.82) is 0 Å². The molecule has 0 atom stereocenters. The van der Waals surface area contributed by atoms with Gasteiger partial charge in [0.1, 0.15) is 0 Å². The van der Waals surface area contributed by atoms with Crippen LogP contribution in [0.4, 0.5) is 14.5 Å². The number of halogens is 3. The first-order valence-corrected chi connectivity index (χ1v) is 7.88. The lowest BCUT2D eigenvalue weighted by molar-refractivity contribution is -0.0493. The van der Waals surface area contributed by atoms with Crippen molar-refractivity contribution in [3.63, 3.8) is 0 Å². The Morgan fingerprint density at radius 3 is 2.88 bits per heavy atom. The maximum Gasteiger partial charge on any atom is 0.387 e. The van der Waals surface area contributed by atoms with Crippen LogP contribution in [0.25, 0.3) is 0 Å². The van der Waals surface area contributed by atoms with Gasteiger partial charge in [0.2, 0.25) is 5.89 Å². The molecule has 1 aromatic heterocycles. The van der Waals surface area contributed by atoms with Gasteiger partial charge in [-0.2, -0.15) is 13.8 Å². The van der Waals surface area contributed by atoms with Gasteiger partial charge in [0.25, 0.3) is 0 Å². The lowest BCUT2D eigenvalue weighted by atomic mass is 10.0. The van der Waals surface area contributed by atoms with E-state index in [4.69, 9.17) is 20.9 Å². The molecular weight excluding hydrogens is 344 g/mol. The topological polar surface area (TPSA) is 69.4 Å². The molecule has 1 fully saturated rings. The molecule has 0 radical (unpaired) electrons. The normalized spacial score (nSPS) is 15.7. The number of alkyl halides is 2. The average molecular weight is 360 g/mol. The van der Waals surface area contributed by atoms with E-state index in [0.717, 1.165) is 12.8 Å². The van der Waals surface area contributed by atoms with Crippen LogP contribution in [-0.2, 0) is 11.3 Å². The minimum Gasteiger partial charge on any atom is -0.433 e. The molecule has 1 aliphatic heterocycles. The van der Waals surface area contributed by atoms with Crippen LogP contribution in [0.2, 0.25) is 5.02 Å². The molecule has 9 heteroatoms. The predicted molar refractivity (Wildman–Crippen MR) is 82.5 cm³/mol. The number of hydrogen-bond donors (Lipinski definition) is 1. The van der Waals surface area contributed by atoms with Crippen molar-refractivity contribution in [3.05, 3.63) is 34.9 Å². The van der Waals surface area contributed by atoms with Crippen LogP contribution in [-0.4, -0.2) is 30.0 Å². The lowest BCUT2D eigenvalue weighted by Crippen LogP contribution is -2.14. The fourth-order valence-electron chi connectivity index (χ4n) is 2.46. The van der Waals surface area contributed by atoms with Crippen molar-refractivity contribution in [2.75, 3.05) is 18.5 Å². The van der Waals surface area contributed by atoms with Gasteiger partial charge in [0.05, 0.1) is 12.2 Å². The van der Waals surface area contributed by atoms with E-state index in [1.165, 1.54) is 6.07 Å². The van der Waals surface area contributed by atoms with E-state index in [-0.39, 0.29) is 18.2 Å². The number of ether oxygens (including phenoxy) is 2. The molecule has 0 unspecified atom stereocenters. The molecule has 2 aromatic rings. The number of aromatic nitrogens is 2. The summed E-state index contributed by atoms with van der Waals surface area (Å²) in [6.45, 7) is -1.36. The highest BCUT2D eigenvalue weighted by Crippen LogP contribution is 2.30. The van der Waals surface area contributed by atoms with E-state index in [2.05, 4.69) is 20.2 Å². The van der Waals surface area contributed by atoms with Gasteiger partial charge >= 0.3 is 6.61 Å². The van der Waals surface area contributed by atoms with E-state index in [1.807, 2.05) is 0 Å². The van der Waals surface area contributed by atoms with Crippen molar-refractivity contribution >= 4 is 17.3 Å². The standard InChI is InChI=1S/C15H16ClF2N3O3/c16-10-1-2-11(12(7-10)23-15(17)18)19-8-13-20-14(24-21-13)9-3-5-22-6-4-9/h1-2,7,9,15,19H,3-6,8H2. The Labute approximate surface area is 142 Å². The number of anilines is 1. The Morgan fingerprint density at radius 1 is 1.33 bits per heavy atom. The zero-order chi connectivity index (χ0) is 16.9. The highest BCUT2D eigenvalue weighted by atomic mass is 35.5. The van der Waals surface area contributed by atoms with Crippen molar-refractivity contribution in [2.24, 2.45) is 0 Å². The van der Waals surface area contributed by atoms with Crippen LogP contribution in [0.15, 0.2) is 22.7 Å². The molecule has 130 valence electrons. The van der Waals surface area contributed by atoms with Gasteiger partial charge in [-0.25, -0.2) is 0 Å². The Kier molecular flexibility index (Phi) is 5.47. The quantitative estimate of drug-likeness (QED) is 0.845. The van der Waals surface area contributed by atoms with Crippen LogP contribution in [0.5, 0.6) is 5.75 Å². The van der Waals surface area contributed by atoms with Crippen LogP contribution >= 0.6 is 11.6 Å². The monoisotopic (exact) mass is 359 g/mol. The molecule has 0 saturated carbocycles. The Balaban J connectivity index is 1.64. The summed E-state index contributed by atoms with van der Waals surface area (Å²) in [5.41, 5.74) is 0.372. The molecule has 6 nitrogen and oxygen atoms in total. The summed E-state index contributed by atoms with van der Waals surface area (Å²) >= 11 is 5.80. The predicted octanol–water partition coefficient (Wildman–Crippen LogP) is 3.83. The second kappa shape index (κ2) is 7.76. The van der Waals surface area contributed by atoms with Crippen molar-refractivity contribution in [1.82, 2.24) is 10.1 Å². The van der Waals surface area contributed by atoms with E-state index in [0.29, 0.717) is 35.6 Å². The molecule has 1 saturated heterocycles. The molecule has 0 spiro atoms. The van der Waals surface area contributed by atoms with Crippen LogP contribution in [0.1, 0.15) is 30.5 Å². The second-order valence-corrected chi connectivity index (χ2v) is 5.74. The fourth-order valence-corrected chi connectivity index (χ4v) is 2.62. The molecule has 3 rings (SSSR count). The molecule has 1 aromatic carbocycles. The summed E-state index contributed by atoms with van der Waals surface area (Å²) in [7, 11) is 0. The van der Waals surface area contributed by atoms with Gasteiger partial charge in [0, 0.05) is 30.2 Å². The maximum atomic E-state index is 12.5. The van der Waals surface area contributed by atoms with Crippen molar-refractivity contribution in [3.8, 4) is 5.75 Å². The third-order valence-corrected chi connectivity index (χ3v) is 3.89. The van der Waals surface area contributed by atoms with E-state index in [9.17, 15) is 8.78 Å². The number of rotatable bonds is 6. The zero-order valence-electron chi connectivity index (χ0n) is 12.7. The van der Waals surface area contributed by atoms with E-state index >= 15 is 0 Å². The molecule has 0 bridgehead atoms. The molecule has 2 heterocycles. The third kappa shape index (κ3) is 4.33. The Morgan fingerprint density at radius 2 is 2.12 bits per heavy atom. The van der Waals surface area contributed by atoms with Gasteiger partial charge in [-0.3, -0.25) is 0 Å². The SMILES string of the molecule is FC(F)Oc1cc(Cl)ccc1NCc1noc(C2CCOCC2)n1. The number of nitrogens with one attached hydrogen (secondary N) is 1. The van der Waals surface area contributed by atoms with Gasteiger partial charge in [0.15, 0.2) is 11.6 Å². The minimum absolute atomic E-state index is 0.0364. The highest BCUT2D eigenvalue weighted by molar-refractivity contribution is 6.30. The smallest absolute Gasteiger partial charge is 0.387 e. The number of benzene rings is 1. The molecule has 0 amide bonds. The van der Waals surface area contributed by atoms with Gasteiger partial charge in [-0.05, 0) is 25.0 Å². The van der Waals surface area contributed by atoms with Crippen molar-refractivity contribution < 1.29 is 22.8 Å². The van der Waals surface area contributed by atoms with Gasteiger partial charge in [-0.15, -0.1) is 0 Å². The van der Waals surface area contributed by atoms with E-state index < -0.39 is 6.61 Å². The molecule has 1 N–H and O–H groups in total. The highest BCUT2D eigenvalue weighted by Gasteiger charge is 2.22. The summed E-state index contributed by atoms with van der Waals surface area (Å²) in [4.78, 5) is 4.35. The third-order valence-electron chi connectivity index (χ3n) is 3.65. The van der Waals surface area contributed by atoms with E-state index in [1.54, 1.807) is 12.1 Å². The molecule has 1 aliphatic rings. The first-order chi connectivity index (χ1) is 11.6. The minimum atomic E-state index is -2.94. The van der Waals surface area contributed by atoms with Gasteiger partial charge in [-0.1, -0.05) is 16.8 Å². The summed E-state index contributed by atoms with van der Waals surface area (Å²) in [6.07, 6.45) is 1.69. The van der Waals surface area contributed by atoms with Crippen LogP contribution in [0, 0.1) is 0 Å². The van der Waals surface area contributed by atoms with Gasteiger partial charge < -0.3 is 19.3 Å². The Bertz CT molecular complexity index is 678. The summed E-state index contributed by atoms with van der Waals surface area (Å²) in [5.74, 6) is 1.18. The molecule has 0 aliphatic carbocycles. The number of nitrogens with zero attached hydrogens (tertiary/aromatic N) is 2. The largest absolute Gasteiger partial charge is 0.433 e. The first-order valence-electron chi connectivity index (χ1n) is 7.50.